The van der Waals surface area contributed by atoms with E-state index in [1.54, 1.807) is 12.3 Å². The van der Waals surface area contributed by atoms with Crippen molar-refractivity contribution in [3.8, 4) is 17.2 Å². The van der Waals surface area contributed by atoms with Crippen molar-refractivity contribution in [3.05, 3.63) is 59.7 Å². The average molecular weight is 221 g/mol. The van der Waals surface area contributed by atoms with Gasteiger partial charge in [0, 0.05) is 5.56 Å². The van der Waals surface area contributed by atoms with E-state index in [0.29, 0.717) is 5.56 Å². The second-order valence-electron chi connectivity index (χ2n) is 3.56. The van der Waals surface area contributed by atoms with E-state index in [4.69, 9.17) is 11.1 Å². The van der Waals surface area contributed by atoms with Crippen molar-refractivity contribution in [2.75, 3.05) is 0 Å². The molecule has 2 N–H and O–H groups in total. The molecule has 0 aliphatic heterocycles. The third kappa shape index (κ3) is 2.32. The van der Waals surface area contributed by atoms with Gasteiger partial charge in [0.15, 0.2) is 0 Å². The Labute approximate surface area is 99.8 Å². The first kappa shape index (κ1) is 10.9. The van der Waals surface area contributed by atoms with Crippen LogP contribution in [0, 0.1) is 11.3 Å². The van der Waals surface area contributed by atoms with Gasteiger partial charge in [0.1, 0.15) is 0 Å². The average Bonchev–Trinajstić information content (AvgIpc) is 2.40. The van der Waals surface area contributed by atoms with Crippen LogP contribution in [0.2, 0.25) is 0 Å². The first-order chi connectivity index (χ1) is 8.35. The SMILES string of the molecule is N#Cc1cccc(-c2ccccc2C=NN)c1. The maximum absolute atomic E-state index is 8.89. The van der Waals surface area contributed by atoms with E-state index in [-0.39, 0.29) is 0 Å². The molecule has 0 aromatic heterocycles. The van der Waals surface area contributed by atoms with E-state index >= 15 is 0 Å². The van der Waals surface area contributed by atoms with Gasteiger partial charge in [-0.05, 0) is 23.3 Å². The van der Waals surface area contributed by atoms with Crippen LogP contribution in [0.1, 0.15) is 11.1 Å². The van der Waals surface area contributed by atoms with Gasteiger partial charge in [-0.1, -0.05) is 36.4 Å². The molecule has 0 saturated carbocycles. The predicted octanol–water partition coefficient (Wildman–Crippen LogP) is 2.52. The van der Waals surface area contributed by atoms with Crippen LogP contribution in [-0.4, -0.2) is 6.21 Å². The highest BCUT2D eigenvalue weighted by atomic mass is 15.1. The van der Waals surface area contributed by atoms with Crippen LogP contribution in [0.4, 0.5) is 0 Å². The molecule has 0 bridgehead atoms. The molecule has 17 heavy (non-hydrogen) atoms. The second-order valence-corrected chi connectivity index (χ2v) is 3.56. The fourth-order valence-corrected chi connectivity index (χ4v) is 1.71. The lowest BCUT2D eigenvalue weighted by Gasteiger charge is -2.05. The van der Waals surface area contributed by atoms with E-state index < -0.39 is 0 Å². The summed E-state index contributed by atoms with van der Waals surface area (Å²) in [5.41, 5.74) is 3.57. The summed E-state index contributed by atoms with van der Waals surface area (Å²) in [6.45, 7) is 0. The van der Waals surface area contributed by atoms with Crippen LogP contribution >= 0.6 is 0 Å². The maximum Gasteiger partial charge on any atom is 0.0991 e. The number of benzene rings is 2. The zero-order valence-electron chi connectivity index (χ0n) is 9.17. The number of hydrogen-bond donors (Lipinski definition) is 1. The molecular formula is C14H11N3. The molecule has 0 spiro atoms. The highest BCUT2D eigenvalue weighted by molar-refractivity contribution is 5.90. The molecule has 2 aromatic rings. The predicted molar refractivity (Wildman–Crippen MR) is 68.4 cm³/mol. The van der Waals surface area contributed by atoms with Gasteiger partial charge in [0.05, 0.1) is 17.8 Å². The van der Waals surface area contributed by atoms with Crippen molar-refractivity contribution in [2.45, 2.75) is 0 Å². The molecular weight excluding hydrogens is 210 g/mol. The summed E-state index contributed by atoms with van der Waals surface area (Å²) in [5, 5.41) is 12.4. The third-order valence-electron chi connectivity index (χ3n) is 2.48. The van der Waals surface area contributed by atoms with E-state index in [1.807, 2.05) is 42.5 Å². The van der Waals surface area contributed by atoms with Crippen LogP contribution in [0.15, 0.2) is 53.6 Å². The van der Waals surface area contributed by atoms with Gasteiger partial charge in [0.25, 0.3) is 0 Å². The molecule has 2 rings (SSSR count). The van der Waals surface area contributed by atoms with Gasteiger partial charge >= 0.3 is 0 Å². The summed E-state index contributed by atoms with van der Waals surface area (Å²) in [5.74, 6) is 5.18. The minimum Gasteiger partial charge on any atom is -0.323 e. The maximum atomic E-state index is 8.89. The number of hydrazone groups is 1. The normalized spacial score (nSPS) is 10.3. The number of rotatable bonds is 2. The highest BCUT2D eigenvalue weighted by Crippen LogP contribution is 2.23. The first-order valence-corrected chi connectivity index (χ1v) is 5.18. The lowest BCUT2D eigenvalue weighted by molar-refractivity contribution is 1.26. The lowest BCUT2D eigenvalue weighted by atomic mass is 9.99. The topological polar surface area (TPSA) is 62.2 Å². The molecule has 2 aromatic carbocycles. The molecule has 0 atom stereocenters. The molecule has 0 amide bonds. The van der Waals surface area contributed by atoms with Crippen molar-refractivity contribution < 1.29 is 0 Å². The molecule has 0 unspecified atom stereocenters. The quantitative estimate of drug-likeness (QED) is 0.481. The third-order valence-corrected chi connectivity index (χ3v) is 2.48. The van der Waals surface area contributed by atoms with E-state index in [2.05, 4.69) is 11.2 Å². The number of nitrogens with two attached hydrogens (primary N) is 1. The van der Waals surface area contributed by atoms with Crippen LogP contribution in [0.25, 0.3) is 11.1 Å². The Morgan fingerprint density at radius 2 is 1.94 bits per heavy atom. The van der Waals surface area contributed by atoms with Crippen molar-refractivity contribution in [2.24, 2.45) is 10.9 Å². The highest BCUT2D eigenvalue weighted by Gasteiger charge is 2.03. The summed E-state index contributed by atoms with van der Waals surface area (Å²) in [6, 6.07) is 17.4. The first-order valence-electron chi connectivity index (χ1n) is 5.18. The van der Waals surface area contributed by atoms with E-state index in [0.717, 1.165) is 16.7 Å². The van der Waals surface area contributed by atoms with Crippen LogP contribution in [-0.2, 0) is 0 Å². The summed E-state index contributed by atoms with van der Waals surface area (Å²) >= 11 is 0. The van der Waals surface area contributed by atoms with Gasteiger partial charge in [-0.3, -0.25) is 0 Å². The Morgan fingerprint density at radius 3 is 2.71 bits per heavy atom. The van der Waals surface area contributed by atoms with Gasteiger partial charge in [-0.25, -0.2) is 0 Å². The van der Waals surface area contributed by atoms with Crippen LogP contribution in [0.3, 0.4) is 0 Å². The van der Waals surface area contributed by atoms with Gasteiger partial charge < -0.3 is 5.84 Å². The summed E-state index contributed by atoms with van der Waals surface area (Å²) < 4.78 is 0. The Bertz CT molecular complexity index is 594. The summed E-state index contributed by atoms with van der Waals surface area (Å²) in [7, 11) is 0. The summed E-state index contributed by atoms with van der Waals surface area (Å²) in [4.78, 5) is 0. The Hall–Kier alpha value is -2.60. The van der Waals surface area contributed by atoms with Gasteiger partial charge in [0.2, 0.25) is 0 Å². The van der Waals surface area contributed by atoms with Crippen molar-refractivity contribution in [3.63, 3.8) is 0 Å². The fraction of sp³-hybridized carbons (Fsp3) is 0. The van der Waals surface area contributed by atoms with Crippen LogP contribution in [0.5, 0.6) is 0 Å². The largest absolute Gasteiger partial charge is 0.323 e. The Kier molecular flexibility index (Phi) is 3.18. The Morgan fingerprint density at radius 1 is 1.12 bits per heavy atom. The molecule has 3 heteroatoms. The number of nitriles is 1. The van der Waals surface area contributed by atoms with E-state index in [9.17, 15) is 0 Å². The molecule has 3 nitrogen and oxygen atoms in total. The molecule has 0 fully saturated rings. The van der Waals surface area contributed by atoms with Crippen molar-refractivity contribution >= 4 is 6.21 Å². The zero-order valence-corrected chi connectivity index (χ0v) is 9.17. The monoisotopic (exact) mass is 221 g/mol. The second kappa shape index (κ2) is 4.95. The molecule has 0 heterocycles. The number of hydrogen-bond acceptors (Lipinski definition) is 3. The van der Waals surface area contributed by atoms with Gasteiger partial charge in [-0.2, -0.15) is 10.4 Å². The minimum absolute atomic E-state index is 0.641. The lowest BCUT2D eigenvalue weighted by Crippen LogP contribution is -1.91. The molecule has 0 radical (unpaired) electrons. The Balaban J connectivity index is 2.56. The van der Waals surface area contributed by atoms with Crippen LogP contribution < -0.4 is 5.84 Å². The fourth-order valence-electron chi connectivity index (χ4n) is 1.71. The minimum atomic E-state index is 0.641. The smallest absolute Gasteiger partial charge is 0.0991 e. The molecule has 82 valence electrons. The van der Waals surface area contributed by atoms with Gasteiger partial charge in [-0.15, -0.1) is 0 Å². The van der Waals surface area contributed by atoms with Crippen molar-refractivity contribution in [1.29, 1.82) is 5.26 Å². The number of nitrogens with zero attached hydrogens (tertiary/aromatic N) is 2. The summed E-state index contributed by atoms with van der Waals surface area (Å²) in [6.07, 6.45) is 1.61. The van der Waals surface area contributed by atoms with E-state index in [1.165, 1.54) is 0 Å². The zero-order chi connectivity index (χ0) is 12.1. The molecule has 0 saturated heterocycles. The molecule has 0 aliphatic carbocycles. The van der Waals surface area contributed by atoms with Crippen molar-refractivity contribution in [1.82, 2.24) is 0 Å². The standard InChI is InChI=1S/C14H11N3/c15-9-11-4-3-6-12(8-11)14-7-2-1-5-13(14)10-17-16/h1-8,10H,16H2. The molecule has 0 aliphatic rings.